The summed E-state index contributed by atoms with van der Waals surface area (Å²) in [5, 5.41) is 36.6. The number of hydrogen-bond acceptors (Lipinski definition) is 6. The number of aliphatic hydroxyl groups is 4. The molecule has 1 aliphatic heterocycles. The van der Waals surface area contributed by atoms with Gasteiger partial charge in [0.15, 0.2) is 6.29 Å². The number of hydrogen-bond donors (Lipinski definition) is 4. The highest BCUT2D eigenvalue weighted by atomic mass is 17.2. The largest absolute Gasteiger partial charge is 0.394 e. The molecule has 0 saturated carbocycles. The maximum absolute atomic E-state index is 9.28. The summed E-state index contributed by atoms with van der Waals surface area (Å²) in [6.45, 7) is -0.440. The fraction of sp³-hybridized carbons (Fsp3) is 1.00. The van der Waals surface area contributed by atoms with Gasteiger partial charge in [0.2, 0.25) is 0 Å². The summed E-state index contributed by atoms with van der Waals surface area (Å²) in [5.41, 5.74) is 0. The molecule has 13 heavy (non-hydrogen) atoms. The predicted molar refractivity (Wildman–Crippen MR) is 40.8 cm³/mol. The highest BCUT2D eigenvalue weighted by Crippen LogP contribution is 2.20. The van der Waals surface area contributed by atoms with Crippen molar-refractivity contribution >= 4 is 0 Å². The normalized spacial score (nSPS) is 46.4. The molecule has 0 aromatic rings. The highest BCUT2D eigenvalue weighted by Gasteiger charge is 2.43. The van der Waals surface area contributed by atoms with Crippen LogP contribution in [0.4, 0.5) is 0 Å². The molecule has 0 radical (unpaired) electrons. The molecule has 6 heteroatoms. The molecule has 0 aromatic heterocycles. The van der Waals surface area contributed by atoms with Crippen LogP contribution in [0.25, 0.3) is 0 Å². The minimum absolute atomic E-state index is 0.440. The molecule has 0 amide bonds. The molecule has 1 saturated heterocycles. The van der Waals surface area contributed by atoms with Gasteiger partial charge in [0.1, 0.15) is 24.4 Å². The van der Waals surface area contributed by atoms with E-state index in [0.717, 1.165) is 0 Å². The van der Waals surface area contributed by atoms with Crippen molar-refractivity contribution in [3.8, 4) is 0 Å². The quantitative estimate of drug-likeness (QED) is 0.386. The summed E-state index contributed by atoms with van der Waals surface area (Å²) in [6.07, 6.45) is -5.91. The molecule has 1 aliphatic rings. The molecule has 0 bridgehead atoms. The predicted octanol–water partition coefficient (Wildman–Crippen LogP) is -2.57. The lowest BCUT2D eigenvalue weighted by molar-refractivity contribution is -0.294. The Kier molecular flexibility index (Phi) is 3.60. The third kappa shape index (κ3) is 1.98. The second-order valence-electron chi connectivity index (χ2n) is 2.93. The number of aliphatic hydroxyl groups excluding tert-OH is 4. The van der Waals surface area contributed by atoms with Crippen LogP contribution in [0.2, 0.25) is 0 Å². The SMILES string of the molecule is COC1OC(C[17OH])C(O)C(O)C1O. The molecule has 4 N–H and O–H groups in total. The second kappa shape index (κ2) is 4.32. The van der Waals surface area contributed by atoms with Crippen LogP contribution in [0, 0.1) is 0 Å². The first-order chi connectivity index (χ1) is 6.11. The molecular formula is C7H14O6. The fourth-order valence-corrected chi connectivity index (χ4v) is 1.26. The van der Waals surface area contributed by atoms with Crippen LogP contribution < -0.4 is 0 Å². The van der Waals surface area contributed by atoms with Gasteiger partial charge in [-0.05, 0) is 0 Å². The Balaban J connectivity index is 2.66. The Morgan fingerprint density at radius 3 is 2.31 bits per heavy atom. The van der Waals surface area contributed by atoms with Crippen LogP contribution in [0.15, 0.2) is 0 Å². The van der Waals surface area contributed by atoms with E-state index in [1.54, 1.807) is 0 Å². The van der Waals surface area contributed by atoms with E-state index in [4.69, 9.17) is 14.6 Å². The molecule has 0 aromatic carbocycles. The first-order valence-corrected chi connectivity index (χ1v) is 3.95. The summed E-state index contributed by atoms with van der Waals surface area (Å²) < 4.78 is 9.65. The van der Waals surface area contributed by atoms with Gasteiger partial charge in [-0.2, -0.15) is 0 Å². The van der Waals surface area contributed by atoms with E-state index < -0.39 is 37.3 Å². The van der Waals surface area contributed by atoms with Crippen molar-refractivity contribution in [2.75, 3.05) is 13.7 Å². The van der Waals surface area contributed by atoms with E-state index in [-0.39, 0.29) is 0 Å². The molecule has 0 aliphatic carbocycles. The Labute approximate surface area is 75.3 Å². The highest BCUT2D eigenvalue weighted by molar-refractivity contribution is 4.88. The zero-order chi connectivity index (χ0) is 10.0. The summed E-state index contributed by atoms with van der Waals surface area (Å²) in [5.74, 6) is 0. The van der Waals surface area contributed by atoms with Crippen molar-refractivity contribution in [3.63, 3.8) is 0 Å². The van der Waals surface area contributed by atoms with Gasteiger partial charge >= 0.3 is 0 Å². The minimum Gasteiger partial charge on any atom is -0.394 e. The summed E-state index contributed by atoms with van der Waals surface area (Å²) in [6, 6.07) is 0. The van der Waals surface area contributed by atoms with Gasteiger partial charge in [0, 0.05) is 7.11 Å². The van der Waals surface area contributed by atoms with Gasteiger partial charge in [0.05, 0.1) is 6.61 Å². The third-order valence-corrected chi connectivity index (χ3v) is 2.08. The second-order valence-corrected chi connectivity index (χ2v) is 2.93. The zero-order valence-corrected chi connectivity index (χ0v) is 7.20. The molecule has 5 atom stereocenters. The standard InChI is InChI=1S/C7H14O6/c1-12-7-6(11)5(10)4(9)3(2-8)13-7/h3-11H,2H2,1H3/i8+1. The fourth-order valence-electron chi connectivity index (χ4n) is 1.26. The van der Waals surface area contributed by atoms with E-state index in [9.17, 15) is 15.3 Å². The summed E-state index contributed by atoms with van der Waals surface area (Å²) >= 11 is 0. The molecule has 1 fully saturated rings. The molecule has 5 unspecified atom stereocenters. The first kappa shape index (κ1) is 10.8. The Morgan fingerprint density at radius 1 is 1.23 bits per heavy atom. The maximum atomic E-state index is 9.28. The van der Waals surface area contributed by atoms with Crippen molar-refractivity contribution in [2.45, 2.75) is 30.7 Å². The van der Waals surface area contributed by atoms with Crippen LogP contribution in [-0.4, -0.2) is 64.8 Å². The summed E-state index contributed by atoms with van der Waals surface area (Å²) in [4.78, 5) is 0. The Morgan fingerprint density at radius 2 is 1.85 bits per heavy atom. The van der Waals surface area contributed by atoms with Crippen molar-refractivity contribution in [1.29, 1.82) is 0 Å². The molecule has 1 rings (SSSR count). The van der Waals surface area contributed by atoms with Crippen molar-refractivity contribution in [1.82, 2.24) is 0 Å². The number of rotatable bonds is 2. The molecule has 0 spiro atoms. The van der Waals surface area contributed by atoms with Crippen LogP contribution in [-0.2, 0) is 9.47 Å². The van der Waals surface area contributed by atoms with Crippen molar-refractivity contribution in [2.24, 2.45) is 0 Å². The lowest BCUT2D eigenvalue weighted by Crippen LogP contribution is -2.58. The lowest BCUT2D eigenvalue weighted by atomic mass is 10.00. The molecule has 1 heterocycles. The van der Waals surface area contributed by atoms with E-state index in [1.165, 1.54) is 7.11 Å². The maximum Gasteiger partial charge on any atom is 0.186 e. The third-order valence-electron chi connectivity index (χ3n) is 2.08. The van der Waals surface area contributed by atoms with E-state index in [0.29, 0.717) is 0 Å². The number of ether oxygens (including phenoxy) is 2. The van der Waals surface area contributed by atoms with Gasteiger partial charge in [-0.15, -0.1) is 0 Å². The van der Waals surface area contributed by atoms with Gasteiger partial charge in [0.25, 0.3) is 0 Å². The molecule has 78 valence electrons. The average molecular weight is 195 g/mol. The first-order valence-electron chi connectivity index (χ1n) is 3.95. The van der Waals surface area contributed by atoms with E-state index in [2.05, 4.69) is 0 Å². The Hall–Kier alpha value is -0.240. The monoisotopic (exact) mass is 195 g/mol. The zero-order valence-electron chi connectivity index (χ0n) is 7.20. The summed E-state index contributed by atoms with van der Waals surface area (Å²) in [7, 11) is 1.30. The average Bonchev–Trinajstić information content (AvgIpc) is 2.15. The molecular weight excluding hydrogens is 181 g/mol. The van der Waals surface area contributed by atoms with Crippen LogP contribution in [0.1, 0.15) is 0 Å². The van der Waals surface area contributed by atoms with E-state index >= 15 is 0 Å². The topological polar surface area (TPSA) is 99.4 Å². The van der Waals surface area contributed by atoms with Crippen molar-refractivity contribution < 1.29 is 29.9 Å². The van der Waals surface area contributed by atoms with Crippen molar-refractivity contribution in [3.05, 3.63) is 0 Å². The minimum atomic E-state index is -1.36. The van der Waals surface area contributed by atoms with Crippen LogP contribution in [0.5, 0.6) is 0 Å². The van der Waals surface area contributed by atoms with E-state index in [1.807, 2.05) is 0 Å². The van der Waals surface area contributed by atoms with Crippen LogP contribution in [0.3, 0.4) is 0 Å². The number of methoxy groups -OCH3 is 1. The lowest BCUT2D eigenvalue weighted by Gasteiger charge is -2.38. The van der Waals surface area contributed by atoms with Gasteiger partial charge in [-0.1, -0.05) is 0 Å². The molecule has 6 nitrogen and oxygen atoms in total. The van der Waals surface area contributed by atoms with Gasteiger partial charge in [-0.25, -0.2) is 0 Å². The Bertz CT molecular complexity index is 143. The smallest absolute Gasteiger partial charge is 0.186 e. The van der Waals surface area contributed by atoms with Crippen LogP contribution >= 0.6 is 0 Å². The van der Waals surface area contributed by atoms with Gasteiger partial charge in [-0.3, -0.25) is 0 Å². The van der Waals surface area contributed by atoms with Gasteiger partial charge < -0.3 is 29.9 Å².